The van der Waals surface area contributed by atoms with Crippen LogP contribution in [-0.4, -0.2) is 23.0 Å². The maximum atomic E-state index is 12.8. The molecule has 0 radical (unpaired) electrons. The lowest BCUT2D eigenvalue weighted by molar-refractivity contribution is -0.141. The minimum absolute atomic E-state index is 0.214. The van der Waals surface area contributed by atoms with Gasteiger partial charge in [0, 0.05) is 21.9 Å². The largest absolute Gasteiger partial charge is 0.480 e. The number of carbonyl (C=O) groups excluding carboxylic acids is 1. The van der Waals surface area contributed by atoms with Gasteiger partial charge in [-0.15, -0.1) is 0 Å². The summed E-state index contributed by atoms with van der Waals surface area (Å²) in [6, 6.07) is 10.9. The van der Waals surface area contributed by atoms with E-state index >= 15 is 0 Å². The van der Waals surface area contributed by atoms with E-state index in [-0.39, 0.29) is 12.0 Å². The number of carboxylic acid groups (broad SMARTS) is 1. The predicted octanol–water partition coefficient (Wildman–Crippen LogP) is 5.04. The molecule has 4 aromatic rings. The van der Waals surface area contributed by atoms with Crippen molar-refractivity contribution in [3.63, 3.8) is 0 Å². The average molecular weight is 462 g/mol. The van der Waals surface area contributed by atoms with E-state index in [0.29, 0.717) is 40.5 Å². The van der Waals surface area contributed by atoms with Crippen LogP contribution in [0, 0.1) is 20.8 Å². The number of carboxylic acids is 1. The Bertz CT molecular complexity index is 1460. The summed E-state index contributed by atoms with van der Waals surface area (Å²) in [4.78, 5) is 36.8. The lowest BCUT2D eigenvalue weighted by Gasteiger charge is -2.14. The van der Waals surface area contributed by atoms with Crippen LogP contribution in [0.25, 0.3) is 33.1 Å². The summed E-state index contributed by atoms with van der Waals surface area (Å²) in [5, 5.41) is 13.4. The molecule has 1 amide bonds. The van der Waals surface area contributed by atoms with Gasteiger partial charge in [-0.2, -0.15) is 0 Å². The molecular formula is C27H27NO6. The molecule has 2 heterocycles. The van der Waals surface area contributed by atoms with Crippen LogP contribution >= 0.6 is 0 Å². The summed E-state index contributed by atoms with van der Waals surface area (Å²) in [7, 11) is 0. The fraction of sp³-hybridized carbons (Fsp3) is 0.296. The van der Waals surface area contributed by atoms with Crippen molar-refractivity contribution in [2.24, 2.45) is 0 Å². The Morgan fingerprint density at radius 2 is 1.68 bits per heavy atom. The molecule has 176 valence electrons. The van der Waals surface area contributed by atoms with Gasteiger partial charge < -0.3 is 19.3 Å². The Hall–Kier alpha value is -3.87. The van der Waals surface area contributed by atoms with E-state index in [9.17, 15) is 19.5 Å². The summed E-state index contributed by atoms with van der Waals surface area (Å²) in [5.41, 5.74) is 4.00. The first-order valence-corrected chi connectivity index (χ1v) is 11.3. The number of hydrogen-bond acceptors (Lipinski definition) is 5. The fourth-order valence-corrected chi connectivity index (χ4v) is 4.49. The van der Waals surface area contributed by atoms with Crippen molar-refractivity contribution < 1.29 is 23.5 Å². The minimum atomic E-state index is -1.10. The number of aryl methyl sites for hydroxylation is 3. The Kier molecular flexibility index (Phi) is 6.28. The van der Waals surface area contributed by atoms with Crippen molar-refractivity contribution >= 4 is 33.8 Å². The molecule has 4 rings (SSSR count). The van der Waals surface area contributed by atoms with E-state index in [1.165, 1.54) is 0 Å². The number of carbonyl (C=O) groups is 2. The van der Waals surface area contributed by atoms with E-state index in [1.54, 1.807) is 6.92 Å². The third kappa shape index (κ3) is 4.09. The molecule has 2 aromatic carbocycles. The number of hydrogen-bond donors (Lipinski definition) is 2. The first-order valence-electron chi connectivity index (χ1n) is 11.3. The van der Waals surface area contributed by atoms with Gasteiger partial charge in [0.1, 0.15) is 23.0 Å². The highest BCUT2D eigenvalue weighted by Crippen LogP contribution is 2.39. The number of fused-ring (bicyclic) bond motifs is 2. The highest BCUT2D eigenvalue weighted by molar-refractivity contribution is 6.06. The Balaban J connectivity index is 1.83. The van der Waals surface area contributed by atoms with Gasteiger partial charge in [-0.05, 0) is 44.4 Å². The summed E-state index contributed by atoms with van der Waals surface area (Å²) < 4.78 is 11.7. The van der Waals surface area contributed by atoms with Crippen LogP contribution < -0.4 is 10.9 Å². The smallest absolute Gasteiger partial charge is 0.340 e. The molecule has 0 bridgehead atoms. The van der Waals surface area contributed by atoms with Crippen molar-refractivity contribution in [2.75, 3.05) is 0 Å². The molecule has 0 fully saturated rings. The average Bonchev–Trinajstić information content (AvgIpc) is 3.14. The van der Waals surface area contributed by atoms with Gasteiger partial charge in [-0.25, -0.2) is 9.59 Å². The van der Waals surface area contributed by atoms with E-state index in [1.807, 2.05) is 57.2 Å². The van der Waals surface area contributed by atoms with Crippen LogP contribution in [0.2, 0.25) is 0 Å². The van der Waals surface area contributed by atoms with Crippen LogP contribution in [0.4, 0.5) is 0 Å². The van der Waals surface area contributed by atoms with Gasteiger partial charge in [-0.3, -0.25) is 4.79 Å². The monoisotopic (exact) mass is 461 g/mol. The second-order valence-corrected chi connectivity index (χ2v) is 8.57. The van der Waals surface area contributed by atoms with Gasteiger partial charge >= 0.3 is 11.6 Å². The lowest BCUT2D eigenvalue weighted by atomic mass is 9.96. The van der Waals surface area contributed by atoms with Crippen molar-refractivity contribution in [3.05, 3.63) is 69.3 Å². The molecule has 2 N–H and O–H groups in total. The van der Waals surface area contributed by atoms with Crippen LogP contribution in [0.15, 0.2) is 50.0 Å². The maximum Gasteiger partial charge on any atom is 0.340 e. The second-order valence-electron chi connectivity index (χ2n) is 8.57. The number of aliphatic carboxylic acids is 1. The van der Waals surface area contributed by atoms with Crippen molar-refractivity contribution in [2.45, 2.75) is 53.0 Å². The Morgan fingerprint density at radius 1 is 1.00 bits per heavy atom. The topological polar surface area (TPSA) is 110 Å². The van der Waals surface area contributed by atoms with Gasteiger partial charge in [0.05, 0.1) is 12.0 Å². The third-order valence-electron chi connectivity index (χ3n) is 6.24. The van der Waals surface area contributed by atoms with Crippen LogP contribution in [0.5, 0.6) is 0 Å². The molecule has 0 saturated carbocycles. The zero-order valence-corrected chi connectivity index (χ0v) is 19.7. The number of furan rings is 1. The van der Waals surface area contributed by atoms with E-state index < -0.39 is 23.5 Å². The van der Waals surface area contributed by atoms with Crippen molar-refractivity contribution in [3.8, 4) is 11.1 Å². The molecule has 2 aromatic heterocycles. The van der Waals surface area contributed by atoms with Gasteiger partial charge in [-0.1, -0.05) is 43.7 Å². The quantitative estimate of drug-likeness (QED) is 0.373. The van der Waals surface area contributed by atoms with Crippen LogP contribution in [0.1, 0.15) is 42.2 Å². The highest BCUT2D eigenvalue weighted by atomic mass is 16.4. The summed E-state index contributed by atoms with van der Waals surface area (Å²) in [5.74, 6) is -0.869. The van der Waals surface area contributed by atoms with Crippen LogP contribution in [0.3, 0.4) is 0 Å². The molecule has 7 heteroatoms. The third-order valence-corrected chi connectivity index (χ3v) is 6.24. The molecule has 0 aliphatic rings. The van der Waals surface area contributed by atoms with Gasteiger partial charge in [0.15, 0.2) is 0 Å². The molecule has 1 unspecified atom stereocenters. The molecule has 34 heavy (non-hydrogen) atoms. The van der Waals surface area contributed by atoms with Gasteiger partial charge in [0.2, 0.25) is 5.91 Å². The normalized spacial score (nSPS) is 12.2. The molecule has 0 aliphatic heterocycles. The minimum Gasteiger partial charge on any atom is -0.480 e. The number of rotatable bonds is 7. The molecule has 0 spiro atoms. The first kappa shape index (κ1) is 23.3. The number of nitrogens with one attached hydrogen (secondary N) is 1. The number of amides is 1. The summed E-state index contributed by atoms with van der Waals surface area (Å²) >= 11 is 0. The Morgan fingerprint density at radius 3 is 2.32 bits per heavy atom. The number of benzene rings is 2. The lowest BCUT2D eigenvalue weighted by Crippen LogP contribution is -2.41. The summed E-state index contributed by atoms with van der Waals surface area (Å²) in [6.45, 7) is 7.37. The van der Waals surface area contributed by atoms with Crippen LogP contribution in [-0.2, 0) is 16.0 Å². The molecule has 1 atom stereocenters. The predicted molar refractivity (Wildman–Crippen MR) is 130 cm³/mol. The maximum absolute atomic E-state index is 12.8. The zero-order chi connectivity index (χ0) is 24.6. The SMILES string of the molecule is CCCC(NC(=O)Cc1c(C)c2cc3c(-c4ccccc4)c(C)oc3c(C)c2oc1=O)C(=O)O. The summed E-state index contributed by atoms with van der Waals surface area (Å²) in [6.07, 6.45) is 0.661. The Labute approximate surface area is 196 Å². The standard InChI is InChI=1S/C27H27NO6/c1-5-9-21(26(30)31)28-22(29)13-19-14(2)18-12-20-23(17-10-7-6-8-11-17)16(4)33-25(20)15(3)24(18)34-27(19)32/h6-8,10-12,21H,5,9,13H2,1-4H3,(H,28,29)(H,30,31). The molecular weight excluding hydrogens is 434 g/mol. The van der Waals surface area contributed by atoms with E-state index in [2.05, 4.69) is 5.32 Å². The molecule has 0 aliphatic carbocycles. The molecule has 0 saturated heterocycles. The van der Waals surface area contributed by atoms with Crippen molar-refractivity contribution in [1.82, 2.24) is 5.32 Å². The zero-order valence-electron chi connectivity index (χ0n) is 19.7. The van der Waals surface area contributed by atoms with Gasteiger partial charge in [0.25, 0.3) is 0 Å². The van der Waals surface area contributed by atoms with Crippen molar-refractivity contribution in [1.29, 1.82) is 0 Å². The fourth-order valence-electron chi connectivity index (χ4n) is 4.49. The van der Waals surface area contributed by atoms with E-state index in [4.69, 9.17) is 8.83 Å². The molecule has 7 nitrogen and oxygen atoms in total. The second kappa shape index (κ2) is 9.17. The first-order chi connectivity index (χ1) is 16.2. The van der Waals surface area contributed by atoms with E-state index in [0.717, 1.165) is 22.3 Å². The highest BCUT2D eigenvalue weighted by Gasteiger charge is 2.23.